The molecule has 7 heteroatoms. The molecule has 0 aliphatic carbocycles. The lowest BCUT2D eigenvalue weighted by Gasteiger charge is -2.17. The molecule has 0 aliphatic rings. The van der Waals surface area contributed by atoms with Gasteiger partial charge in [-0.25, -0.2) is 4.79 Å². The number of nitrogens with one attached hydrogen (secondary N) is 1. The summed E-state index contributed by atoms with van der Waals surface area (Å²) < 4.78 is 11.9. The van der Waals surface area contributed by atoms with Crippen LogP contribution in [0.2, 0.25) is 0 Å². The van der Waals surface area contributed by atoms with Crippen LogP contribution < -0.4 is 15.0 Å². The third kappa shape index (κ3) is 3.52. The molecule has 0 unspecified atom stereocenters. The molecule has 1 N–H and O–H groups in total. The molecule has 0 atom stereocenters. The Morgan fingerprint density at radius 2 is 2.03 bits per heavy atom. The number of pyridine rings is 1. The van der Waals surface area contributed by atoms with Crippen LogP contribution in [0.4, 0.5) is 4.79 Å². The van der Waals surface area contributed by atoms with Crippen molar-refractivity contribution in [3.63, 3.8) is 0 Å². The second kappa shape index (κ2) is 8.20. The van der Waals surface area contributed by atoms with Gasteiger partial charge in [0.05, 0.1) is 7.11 Å². The SMILES string of the molecule is CCCN(C)C(=O)Oc1cccc(-c2c(OC)ccc3[nH]c(=O)c4sccc4c23)c1. The summed E-state index contributed by atoms with van der Waals surface area (Å²) in [7, 11) is 3.33. The van der Waals surface area contributed by atoms with Crippen molar-refractivity contribution in [2.75, 3.05) is 20.7 Å². The van der Waals surface area contributed by atoms with Gasteiger partial charge < -0.3 is 19.4 Å². The zero-order valence-electron chi connectivity index (χ0n) is 17.0. The predicted octanol–water partition coefficient (Wildman–Crippen LogP) is 5.26. The molecule has 2 aromatic heterocycles. The third-order valence-corrected chi connectivity index (χ3v) is 5.89. The zero-order chi connectivity index (χ0) is 21.3. The number of fused-ring (bicyclic) bond motifs is 3. The summed E-state index contributed by atoms with van der Waals surface area (Å²) in [5.41, 5.74) is 2.30. The first-order valence-electron chi connectivity index (χ1n) is 9.67. The van der Waals surface area contributed by atoms with E-state index in [2.05, 4.69) is 4.98 Å². The topological polar surface area (TPSA) is 71.6 Å². The number of nitrogens with zero attached hydrogens (tertiary/aromatic N) is 1. The molecule has 0 saturated heterocycles. The number of amides is 1. The van der Waals surface area contributed by atoms with Gasteiger partial charge in [-0.1, -0.05) is 19.1 Å². The van der Waals surface area contributed by atoms with Gasteiger partial charge in [0.2, 0.25) is 0 Å². The maximum atomic E-state index is 12.4. The molecule has 4 rings (SSSR count). The molecule has 154 valence electrons. The van der Waals surface area contributed by atoms with Gasteiger partial charge in [0.25, 0.3) is 5.56 Å². The number of benzene rings is 2. The van der Waals surface area contributed by atoms with Crippen LogP contribution in [0.5, 0.6) is 11.5 Å². The average molecular weight is 423 g/mol. The van der Waals surface area contributed by atoms with E-state index in [0.717, 1.165) is 33.8 Å². The minimum Gasteiger partial charge on any atom is -0.496 e. The number of thiophene rings is 1. The maximum absolute atomic E-state index is 12.4. The quantitative estimate of drug-likeness (QED) is 0.476. The molecule has 0 saturated carbocycles. The van der Waals surface area contributed by atoms with Crippen molar-refractivity contribution in [1.82, 2.24) is 9.88 Å². The smallest absolute Gasteiger partial charge is 0.414 e. The second-order valence-electron chi connectivity index (χ2n) is 7.00. The van der Waals surface area contributed by atoms with Crippen LogP contribution in [-0.4, -0.2) is 36.7 Å². The lowest BCUT2D eigenvalue weighted by molar-refractivity contribution is 0.163. The van der Waals surface area contributed by atoms with Crippen LogP contribution in [0, 0.1) is 0 Å². The number of hydrogen-bond acceptors (Lipinski definition) is 5. The molecule has 0 aliphatic heterocycles. The Morgan fingerprint density at radius 1 is 1.20 bits per heavy atom. The van der Waals surface area contributed by atoms with Crippen molar-refractivity contribution in [2.45, 2.75) is 13.3 Å². The first kappa shape index (κ1) is 20.0. The van der Waals surface area contributed by atoms with E-state index >= 15 is 0 Å². The standard InChI is InChI=1S/C23H22N2O4S/c1-4-11-25(2)23(27)29-15-7-5-6-14(13-15)19-18(28-3)9-8-17-20(19)16-10-12-30-21(16)22(26)24-17/h5-10,12-13H,4,11H2,1-3H3,(H,24,26). The van der Waals surface area contributed by atoms with Gasteiger partial charge in [-0.05, 0) is 47.7 Å². The van der Waals surface area contributed by atoms with E-state index < -0.39 is 6.09 Å². The van der Waals surface area contributed by atoms with Crippen LogP contribution in [0.1, 0.15) is 13.3 Å². The highest BCUT2D eigenvalue weighted by atomic mass is 32.1. The molecule has 2 heterocycles. The van der Waals surface area contributed by atoms with Crippen LogP contribution >= 0.6 is 11.3 Å². The van der Waals surface area contributed by atoms with Crippen LogP contribution in [-0.2, 0) is 0 Å². The molecule has 30 heavy (non-hydrogen) atoms. The number of ether oxygens (including phenoxy) is 2. The molecule has 0 bridgehead atoms. The maximum Gasteiger partial charge on any atom is 0.414 e. The number of carbonyl (C=O) groups is 1. The number of aromatic amines is 1. The molecular weight excluding hydrogens is 400 g/mol. The van der Waals surface area contributed by atoms with Crippen LogP contribution in [0.25, 0.3) is 32.1 Å². The number of aromatic nitrogens is 1. The Bertz CT molecular complexity index is 1290. The van der Waals surface area contributed by atoms with Crippen molar-refractivity contribution in [1.29, 1.82) is 0 Å². The summed E-state index contributed by atoms with van der Waals surface area (Å²) in [6, 6.07) is 13.0. The Labute approximate surface area is 177 Å². The van der Waals surface area contributed by atoms with Gasteiger partial charge in [0, 0.05) is 35.4 Å². The molecule has 0 fully saturated rings. The van der Waals surface area contributed by atoms with E-state index in [-0.39, 0.29) is 5.56 Å². The van der Waals surface area contributed by atoms with Crippen molar-refractivity contribution in [3.8, 4) is 22.6 Å². The van der Waals surface area contributed by atoms with Crippen molar-refractivity contribution in [2.24, 2.45) is 0 Å². The monoisotopic (exact) mass is 422 g/mol. The fourth-order valence-electron chi connectivity index (χ4n) is 3.61. The summed E-state index contributed by atoms with van der Waals surface area (Å²) in [6.45, 7) is 2.63. The highest BCUT2D eigenvalue weighted by Gasteiger charge is 2.17. The minimum atomic E-state index is -0.400. The summed E-state index contributed by atoms with van der Waals surface area (Å²) in [4.78, 5) is 29.2. The number of H-pyrrole nitrogens is 1. The fourth-order valence-corrected chi connectivity index (χ4v) is 4.40. The molecule has 1 amide bonds. The van der Waals surface area contributed by atoms with Gasteiger partial charge in [-0.3, -0.25) is 4.79 Å². The van der Waals surface area contributed by atoms with E-state index in [1.807, 2.05) is 48.7 Å². The lowest BCUT2D eigenvalue weighted by atomic mass is 9.97. The average Bonchev–Trinajstić information content (AvgIpc) is 3.24. The summed E-state index contributed by atoms with van der Waals surface area (Å²) in [6.07, 6.45) is 0.455. The normalized spacial score (nSPS) is 11.0. The van der Waals surface area contributed by atoms with Gasteiger partial charge in [-0.15, -0.1) is 11.3 Å². The van der Waals surface area contributed by atoms with Crippen LogP contribution in [0.15, 0.2) is 52.6 Å². The largest absolute Gasteiger partial charge is 0.496 e. The minimum absolute atomic E-state index is 0.106. The Hall–Kier alpha value is -3.32. The summed E-state index contributed by atoms with van der Waals surface area (Å²) in [5, 5.41) is 3.68. The van der Waals surface area contributed by atoms with Crippen molar-refractivity contribution < 1.29 is 14.3 Å². The zero-order valence-corrected chi connectivity index (χ0v) is 17.8. The number of methoxy groups -OCH3 is 1. The Kier molecular flexibility index (Phi) is 5.46. The summed E-state index contributed by atoms with van der Waals surface area (Å²) in [5.74, 6) is 1.12. The van der Waals surface area contributed by atoms with E-state index in [1.54, 1.807) is 25.1 Å². The fraction of sp³-hybridized carbons (Fsp3) is 0.217. The van der Waals surface area contributed by atoms with Gasteiger partial charge in [0.1, 0.15) is 16.2 Å². The first-order chi connectivity index (χ1) is 14.5. The molecule has 6 nitrogen and oxygen atoms in total. The molecule has 2 aromatic carbocycles. The predicted molar refractivity (Wildman–Crippen MR) is 121 cm³/mol. The van der Waals surface area contributed by atoms with E-state index in [9.17, 15) is 9.59 Å². The lowest BCUT2D eigenvalue weighted by Crippen LogP contribution is -2.30. The molecule has 0 radical (unpaired) electrons. The molecular formula is C23H22N2O4S. The molecule has 4 aromatic rings. The van der Waals surface area contributed by atoms with Gasteiger partial charge >= 0.3 is 6.09 Å². The molecule has 0 spiro atoms. The van der Waals surface area contributed by atoms with Crippen molar-refractivity contribution >= 4 is 38.4 Å². The highest BCUT2D eigenvalue weighted by Crippen LogP contribution is 2.41. The second-order valence-corrected chi connectivity index (χ2v) is 7.92. The summed E-state index contributed by atoms with van der Waals surface area (Å²) >= 11 is 1.41. The number of rotatable bonds is 5. The van der Waals surface area contributed by atoms with E-state index in [4.69, 9.17) is 9.47 Å². The van der Waals surface area contributed by atoms with E-state index in [0.29, 0.717) is 22.7 Å². The number of carbonyl (C=O) groups excluding carboxylic acids is 1. The highest BCUT2D eigenvalue weighted by molar-refractivity contribution is 7.17. The van der Waals surface area contributed by atoms with Crippen molar-refractivity contribution in [3.05, 3.63) is 58.2 Å². The Balaban J connectivity index is 1.88. The Morgan fingerprint density at radius 3 is 2.80 bits per heavy atom. The first-order valence-corrected chi connectivity index (χ1v) is 10.5. The number of hydrogen-bond donors (Lipinski definition) is 1. The van der Waals surface area contributed by atoms with Crippen LogP contribution in [0.3, 0.4) is 0 Å². The van der Waals surface area contributed by atoms with Gasteiger partial charge in [-0.2, -0.15) is 0 Å². The third-order valence-electron chi connectivity index (χ3n) is 4.97. The van der Waals surface area contributed by atoms with E-state index in [1.165, 1.54) is 11.3 Å². The van der Waals surface area contributed by atoms with Gasteiger partial charge in [0.15, 0.2) is 0 Å².